The summed E-state index contributed by atoms with van der Waals surface area (Å²) in [4.78, 5) is 16.6. The molecule has 0 atom stereocenters. The molecule has 0 spiro atoms. The number of carbonyl (C=O) groups excluding carboxylic acids is 1. The van der Waals surface area contributed by atoms with Crippen molar-refractivity contribution in [1.29, 1.82) is 0 Å². The minimum atomic E-state index is -0.149. The Morgan fingerprint density at radius 2 is 2.47 bits per heavy atom. The zero-order valence-corrected chi connectivity index (χ0v) is 10.1. The molecule has 0 radical (unpaired) electrons. The number of carbonyl (C=O) groups is 1. The summed E-state index contributed by atoms with van der Waals surface area (Å²) in [5.41, 5.74) is 1.16. The van der Waals surface area contributed by atoms with Crippen LogP contribution in [0.3, 0.4) is 0 Å². The van der Waals surface area contributed by atoms with Gasteiger partial charge in [0, 0.05) is 12.3 Å². The summed E-state index contributed by atoms with van der Waals surface area (Å²) in [6.07, 6.45) is 4.29. The van der Waals surface area contributed by atoms with Crippen LogP contribution >= 0.6 is 11.8 Å². The maximum absolute atomic E-state index is 11.1. The molecule has 15 heavy (non-hydrogen) atoms. The number of nitrogens with zero attached hydrogens (tertiary/aromatic N) is 1. The Morgan fingerprint density at radius 1 is 1.67 bits per heavy atom. The first-order chi connectivity index (χ1) is 7.22. The van der Waals surface area contributed by atoms with Crippen LogP contribution in [0.15, 0.2) is 16.0 Å². The van der Waals surface area contributed by atoms with Crippen molar-refractivity contribution in [1.82, 2.24) is 0 Å². The number of aliphatic imine (C=N–C) groups is 1. The third kappa shape index (κ3) is 5.02. The van der Waals surface area contributed by atoms with Crippen molar-refractivity contribution in [2.24, 2.45) is 4.99 Å². The SMILES string of the molecule is CCOC(=O)CS/C(C)=C/C1=NCCC1. The van der Waals surface area contributed by atoms with E-state index in [1.807, 2.05) is 13.8 Å². The van der Waals surface area contributed by atoms with Crippen molar-refractivity contribution >= 4 is 23.4 Å². The van der Waals surface area contributed by atoms with E-state index in [-0.39, 0.29) is 5.97 Å². The number of hydrogen-bond acceptors (Lipinski definition) is 4. The van der Waals surface area contributed by atoms with E-state index in [0.29, 0.717) is 12.4 Å². The number of hydrogen-bond donors (Lipinski definition) is 0. The quantitative estimate of drug-likeness (QED) is 0.677. The first-order valence-corrected chi connectivity index (χ1v) is 6.21. The maximum atomic E-state index is 11.1. The van der Waals surface area contributed by atoms with Gasteiger partial charge >= 0.3 is 5.97 Å². The molecular formula is C11H17NO2S. The molecular weight excluding hydrogens is 210 g/mol. The third-order valence-corrected chi connectivity index (χ3v) is 2.95. The summed E-state index contributed by atoms with van der Waals surface area (Å²) in [5.74, 6) is 0.243. The van der Waals surface area contributed by atoms with Gasteiger partial charge in [0.2, 0.25) is 0 Å². The molecule has 0 bridgehead atoms. The van der Waals surface area contributed by atoms with Crippen molar-refractivity contribution in [3.8, 4) is 0 Å². The highest BCUT2D eigenvalue weighted by atomic mass is 32.2. The fourth-order valence-electron chi connectivity index (χ4n) is 1.33. The van der Waals surface area contributed by atoms with Crippen LogP contribution in [0, 0.1) is 0 Å². The second kappa shape index (κ2) is 6.67. The van der Waals surface area contributed by atoms with Gasteiger partial charge in [-0.2, -0.15) is 0 Å². The van der Waals surface area contributed by atoms with Crippen LogP contribution in [0.2, 0.25) is 0 Å². The Bertz CT molecular complexity index is 284. The number of ether oxygens (including phenoxy) is 1. The van der Waals surface area contributed by atoms with E-state index in [1.54, 1.807) is 0 Å². The fraction of sp³-hybridized carbons (Fsp3) is 0.636. The van der Waals surface area contributed by atoms with E-state index in [0.717, 1.165) is 30.0 Å². The number of esters is 1. The lowest BCUT2D eigenvalue weighted by Crippen LogP contribution is -2.06. The Kier molecular flexibility index (Phi) is 5.47. The van der Waals surface area contributed by atoms with Gasteiger partial charge in [-0.25, -0.2) is 0 Å². The molecule has 0 aromatic rings. The van der Waals surface area contributed by atoms with Gasteiger partial charge in [-0.15, -0.1) is 11.8 Å². The molecule has 0 aromatic carbocycles. The molecule has 0 aromatic heterocycles. The van der Waals surface area contributed by atoms with Crippen LogP contribution in [0.4, 0.5) is 0 Å². The maximum Gasteiger partial charge on any atom is 0.316 e. The van der Waals surface area contributed by atoms with Gasteiger partial charge in [0.25, 0.3) is 0 Å². The summed E-state index contributed by atoms with van der Waals surface area (Å²) in [6, 6.07) is 0. The largest absolute Gasteiger partial charge is 0.465 e. The van der Waals surface area contributed by atoms with Gasteiger partial charge in [-0.1, -0.05) is 0 Å². The zero-order valence-electron chi connectivity index (χ0n) is 9.28. The summed E-state index contributed by atoms with van der Waals surface area (Å²) in [6.45, 7) is 5.22. The minimum absolute atomic E-state index is 0.149. The molecule has 0 unspecified atom stereocenters. The molecule has 4 heteroatoms. The first kappa shape index (κ1) is 12.3. The first-order valence-electron chi connectivity index (χ1n) is 5.22. The lowest BCUT2D eigenvalue weighted by atomic mass is 10.2. The Balaban J connectivity index is 2.28. The van der Waals surface area contributed by atoms with Crippen LogP contribution in [0.1, 0.15) is 26.7 Å². The molecule has 1 rings (SSSR count). The minimum Gasteiger partial charge on any atom is -0.465 e. The van der Waals surface area contributed by atoms with E-state index in [1.165, 1.54) is 11.8 Å². The van der Waals surface area contributed by atoms with Crippen LogP contribution < -0.4 is 0 Å². The van der Waals surface area contributed by atoms with Gasteiger partial charge < -0.3 is 4.74 Å². The molecule has 1 heterocycles. The molecule has 0 N–H and O–H groups in total. The molecule has 1 aliphatic rings. The number of thioether (sulfide) groups is 1. The molecule has 0 fully saturated rings. The van der Waals surface area contributed by atoms with Crippen molar-refractivity contribution in [3.63, 3.8) is 0 Å². The van der Waals surface area contributed by atoms with Crippen LogP contribution in [0.5, 0.6) is 0 Å². The second-order valence-corrected chi connectivity index (χ2v) is 4.55. The normalized spacial score (nSPS) is 16.4. The molecule has 84 valence electrons. The van der Waals surface area contributed by atoms with E-state index in [9.17, 15) is 4.79 Å². The zero-order chi connectivity index (χ0) is 11.1. The predicted molar refractivity (Wildman–Crippen MR) is 64.4 cm³/mol. The molecule has 0 amide bonds. The average molecular weight is 227 g/mol. The fourth-order valence-corrected chi connectivity index (χ4v) is 1.98. The highest BCUT2D eigenvalue weighted by Gasteiger charge is 2.06. The second-order valence-electron chi connectivity index (χ2n) is 3.33. The summed E-state index contributed by atoms with van der Waals surface area (Å²) in [5, 5.41) is 0. The van der Waals surface area contributed by atoms with Crippen LogP contribution in [0.25, 0.3) is 0 Å². The van der Waals surface area contributed by atoms with Crippen LogP contribution in [-0.2, 0) is 9.53 Å². The Labute approximate surface area is 95.0 Å². The molecule has 0 saturated heterocycles. The lowest BCUT2D eigenvalue weighted by Gasteiger charge is -2.02. The highest BCUT2D eigenvalue weighted by molar-refractivity contribution is 8.03. The number of rotatable bonds is 5. The Hall–Kier alpha value is -0.770. The summed E-state index contributed by atoms with van der Waals surface area (Å²) in [7, 11) is 0. The smallest absolute Gasteiger partial charge is 0.316 e. The van der Waals surface area contributed by atoms with Gasteiger partial charge in [-0.05, 0) is 37.7 Å². The highest BCUT2D eigenvalue weighted by Crippen LogP contribution is 2.17. The van der Waals surface area contributed by atoms with E-state index in [2.05, 4.69) is 11.1 Å². The van der Waals surface area contributed by atoms with Gasteiger partial charge in [0.1, 0.15) is 0 Å². The lowest BCUT2D eigenvalue weighted by molar-refractivity contribution is -0.139. The Morgan fingerprint density at radius 3 is 3.07 bits per heavy atom. The van der Waals surface area contributed by atoms with Crippen molar-refractivity contribution in [3.05, 3.63) is 11.0 Å². The summed E-state index contributed by atoms with van der Waals surface area (Å²) < 4.78 is 4.85. The predicted octanol–water partition coefficient (Wildman–Crippen LogP) is 2.42. The molecule has 0 saturated carbocycles. The van der Waals surface area contributed by atoms with Crippen molar-refractivity contribution in [2.45, 2.75) is 26.7 Å². The van der Waals surface area contributed by atoms with E-state index < -0.39 is 0 Å². The third-order valence-electron chi connectivity index (χ3n) is 2.00. The van der Waals surface area contributed by atoms with Crippen LogP contribution in [-0.4, -0.2) is 30.6 Å². The van der Waals surface area contributed by atoms with Crippen molar-refractivity contribution < 1.29 is 9.53 Å². The van der Waals surface area contributed by atoms with Gasteiger partial charge in [0.15, 0.2) is 0 Å². The summed E-state index contributed by atoms with van der Waals surface area (Å²) >= 11 is 1.52. The van der Waals surface area contributed by atoms with E-state index >= 15 is 0 Å². The standard InChI is InChI=1S/C11H17NO2S/c1-3-14-11(13)8-15-9(2)7-10-5-4-6-12-10/h7H,3-6,8H2,1-2H3/b9-7+. The van der Waals surface area contributed by atoms with E-state index in [4.69, 9.17) is 4.74 Å². The monoisotopic (exact) mass is 227 g/mol. The van der Waals surface area contributed by atoms with Gasteiger partial charge in [-0.3, -0.25) is 9.79 Å². The van der Waals surface area contributed by atoms with Crippen molar-refractivity contribution in [2.75, 3.05) is 18.9 Å². The average Bonchev–Trinajstić information content (AvgIpc) is 2.68. The molecule has 3 nitrogen and oxygen atoms in total. The number of allylic oxidation sites excluding steroid dienone is 2. The topological polar surface area (TPSA) is 38.7 Å². The molecule has 0 aliphatic carbocycles. The van der Waals surface area contributed by atoms with Gasteiger partial charge in [0.05, 0.1) is 12.4 Å². The molecule has 1 aliphatic heterocycles.